The van der Waals surface area contributed by atoms with Gasteiger partial charge in [-0.05, 0) is 18.2 Å². The van der Waals surface area contributed by atoms with Gasteiger partial charge in [-0.15, -0.1) is 0 Å². The van der Waals surface area contributed by atoms with Crippen LogP contribution in [0.5, 0.6) is 0 Å². The third-order valence-electron chi connectivity index (χ3n) is 2.75. The molecule has 1 heterocycles. The first-order valence-electron chi connectivity index (χ1n) is 5.88. The predicted octanol–water partition coefficient (Wildman–Crippen LogP) is 1.20. The van der Waals surface area contributed by atoms with Crippen LogP contribution in [0.15, 0.2) is 18.2 Å². The van der Waals surface area contributed by atoms with Crippen molar-refractivity contribution in [3.8, 4) is 6.07 Å². The fourth-order valence-corrected chi connectivity index (χ4v) is 1.80. The van der Waals surface area contributed by atoms with Gasteiger partial charge in [-0.3, -0.25) is 0 Å². The van der Waals surface area contributed by atoms with E-state index in [1.165, 1.54) is 12.1 Å². The van der Waals surface area contributed by atoms with Crippen LogP contribution in [0.3, 0.4) is 0 Å². The van der Waals surface area contributed by atoms with Crippen LogP contribution in [0.4, 0.5) is 4.39 Å². The molecule has 1 aliphatic rings. The Morgan fingerprint density at radius 2 is 2.33 bits per heavy atom. The van der Waals surface area contributed by atoms with Crippen molar-refractivity contribution in [2.24, 2.45) is 0 Å². The largest absolute Gasteiger partial charge is 0.376 e. The first-order valence-corrected chi connectivity index (χ1v) is 5.88. The number of nitriles is 1. The van der Waals surface area contributed by atoms with Crippen molar-refractivity contribution in [1.82, 2.24) is 5.32 Å². The van der Waals surface area contributed by atoms with E-state index < -0.39 is 0 Å². The Kier molecular flexibility index (Phi) is 4.65. The lowest BCUT2D eigenvalue weighted by molar-refractivity contribution is -0.0864. The molecule has 0 aromatic heterocycles. The molecule has 1 atom stereocenters. The number of ether oxygens (including phenoxy) is 2. The second-order valence-electron chi connectivity index (χ2n) is 4.12. The van der Waals surface area contributed by atoms with Crippen LogP contribution in [0.25, 0.3) is 0 Å². The highest BCUT2D eigenvalue weighted by Gasteiger charge is 2.13. The fourth-order valence-electron chi connectivity index (χ4n) is 1.80. The summed E-state index contributed by atoms with van der Waals surface area (Å²) in [6.07, 6.45) is 0.0148. The molecule has 18 heavy (non-hydrogen) atoms. The minimum atomic E-state index is -0.303. The normalized spacial score (nSPS) is 19.4. The maximum atomic E-state index is 13.5. The Morgan fingerprint density at radius 3 is 3.06 bits per heavy atom. The van der Waals surface area contributed by atoms with Crippen LogP contribution in [0.2, 0.25) is 0 Å². The van der Waals surface area contributed by atoms with Crippen LogP contribution in [0.1, 0.15) is 11.1 Å². The van der Waals surface area contributed by atoms with E-state index in [2.05, 4.69) is 5.32 Å². The molecule has 1 aromatic rings. The minimum Gasteiger partial charge on any atom is -0.376 e. The molecular weight excluding hydrogens is 235 g/mol. The van der Waals surface area contributed by atoms with Crippen LogP contribution in [0, 0.1) is 17.1 Å². The van der Waals surface area contributed by atoms with E-state index >= 15 is 0 Å². The molecule has 0 spiro atoms. The van der Waals surface area contributed by atoms with Gasteiger partial charge in [0.2, 0.25) is 0 Å². The molecule has 1 saturated heterocycles. The lowest BCUT2D eigenvalue weighted by Crippen LogP contribution is -2.37. The summed E-state index contributed by atoms with van der Waals surface area (Å²) in [5, 5.41) is 11.9. The van der Waals surface area contributed by atoms with Crippen molar-refractivity contribution in [2.45, 2.75) is 12.6 Å². The number of rotatable bonds is 4. The van der Waals surface area contributed by atoms with Gasteiger partial charge in [0.05, 0.1) is 37.6 Å². The van der Waals surface area contributed by atoms with Gasteiger partial charge in [0.25, 0.3) is 0 Å². The van der Waals surface area contributed by atoms with Crippen LogP contribution in [-0.4, -0.2) is 32.5 Å². The van der Waals surface area contributed by atoms with Gasteiger partial charge in [0, 0.05) is 18.7 Å². The topological polar surface area (TPSA) is 54.3 Å². The average molecular weight is 250 g/mol. The number of halogens is 1. The van der Waals surface area contributed by atoms with Crippen molar-refractivity contribution in [2.75, 3.05) is 26.4 Å². The Bertz CT molecular complexity index is 439. The van der Waals surface area contributed by atoms with E-state index in [9.17, 15) is 4.39 Å². The highest BCUT2D eigenvalue weighted by molar-refractivity contribution is 5.33. The molecule has 0 amide bonds. The van der Waals surface area contributed by atoms with Gasteiger partial charge in [0.1, 0.15) is 5.82 Å². The SMILES string of the molecule is N#Cc1ccc(F)c(CNCC2COCCO2)c1. The summed E-state index contributed by atoms with van der Waals surface area (Å²) in [5.41, 5.74) is 0.955. The summed E-state index contributed by atoms with van der Waals surface area (Å²) in [6.45, 7) is 2.78. The predicted molar refractivity (Wildman–Crippen MR) is 63.4 cm³/mol. The number of nitrogens with zero attached hydrogens (tertiary/aromatic N) is 1. The molecule has 0 aliphatic carbocycles. The lowest BCUT2D eigenvalue weighted by atomic mass is 10.1. The molecular formula is C13H15FN2O2. The summed E-state index contributed by atoms with van der Waals surface area (Å²) in [6, 6.07) is 6.34. The highest BCUT2D eigenvalue weighted by Crippen LogP contribution is 2.10. The number of benzene rings is 1. The molecule has 1 N–H and O–H groups in total. The van der Waals surface area contributed by atoms with Gasteiger partial charge >= 0.3 is 0 Å². The molecule has 4 nitrogen and oxygen atoms in total. The Hall–Kier alpha value is -1.48. The van der Waals surface area contributed by atoms with Gasteiger partial charge in [0.15, 0.2) is 0 Å². The van der Waals surface area contributed by atoms with Crippen LogP contribution >= 0.6 is 0 Å². The average Bonchev–Trinajstić information content (AvgIpc) is 2.42. The molecule has 1 aliphatic heterocycles. The summed E-state index contributed by atoms with van der Waals surface area (Å²) >= 11 is 0. The van der Waals surface area contributed by atoms with Crippen LogP contribution < -0.4 is 5.32 Å². The molecule has 1 fully saturated rings. The minimum absolute atomic E-state index is 0.0148. The zero-order valence-electron chi connectivity index (χ0n) is 9.99. The molecule has 2 rings (SSSR count). The second kappa shape index (κ2) is 6.45. The molecule has 1 unspecified atom stereocenters. The summed E-state index contributed by atoms with van der Waals surface area (Å²) < 4.78 is 24.2. The third-order valence-corrected chi connectivity index (χ3v) is 2.75. The van der Waals surface area contributed by atoms with E-state index in [0.717, 1.165) is 0 Å². The lowest BCUT2D eigenvalue weighted by Gasteiger charge is -2.23. The quantitative estimate of drug-likeness (QED) is 0.872. The smallest absolute Gasteiger partial charge is 0.127 e. The summed E-state index contributed by atoms with van der Waals surface area (Å²) in [4.78, 5) is 0. The molecule has 0 radical (unpaired) electrons. The molecule has 5 heteroatoms. The van der Waals surface area contributed by atoms with E-state index in [1.807, 2.05) is 6.07 Å². The number of nitrogens with one attached hydrogen (secondary N) is 1. The Balaban J connectivity index is 1.84. The molecule has 1 aromatic carbocycles. The monoisotopic (exact) mass is 250 g/mol. The Labute approximate surface area is 105 Å². The standard InChI is InChI=1S/C13H15FN2O2/c14-13-2-1-10(6-15)5-11(13)7-16-8-12-9-17-3-4-18-12/h1-2,5,12,16H,3-4,7-9H2. The fraction of sp³-hybridized carbons (Fsp3) is 0.462. The zero-order valence-corrected chi connectivity index (χ0v) is 9.99. The van der Waals surface area contributed by atoms with Gasteiger partial charge < -0.3 is 14.8 Å². The highest BCUT2D eigenvalue weighted by atomic mass is 19.1. The van der Waals surface area contributed by atoms with Crippen molar-refractivity contribution in [1.29, 1.82) is 5.26 Å². The van der Waals surface area contributed by atoms with E-state index in [4.69, 9.17) is 14.7 Å². The summed E-state index contributed by atoms with van der Waals surface area (Å²) in [7, 11) is 0. The first-order chi connectivity index (χ1) is 8.79. The molecule has 0 bridgehead atoms. The van der Waals surface area contributed by atoms with Gasteiger partial charge in [-0.1, -0.05) is 0 Å². The van der Waals surface area contributed by atoms with E-state index in [0.29, 0.717) is 44.0 Å². The Morgan fingerprint density at radius 1 is 1.44 bits per heavy atom. The van der Waals surface area contributed by atoms with Crippen molar-refractivity contribution in [3.63, 3.8) is 0 Å². The van der Waals surface area contributed by atoms with Gasteiger partial charge in [-0.2, -0.15) is 5.26 Å². The van der Waals surface area contributed by atoms with Crippen molar-refractivity contribution >= 4 is 0 Å². The first kappa shape index (κ1) is 13.0. The third kappa shape index (κ3) is 3.50. The van der Waals surface area contributed by atoms with Crippen LogP contribution in [-0.2, 0) is 16.0 Å². The number of hydrogen-bond acceptors (Lipinski definition) is 4. The summed E-state index contributed by atoms with van der Waals surface area (Å²) in [5.74, 6) is -0.303. The van der Waals surface area contributed by atoms with Crippen molar-refractivity contribution < 1.29 is 13.9 Å². The van der Waals surface area contributed by atoms with E-state index in [-0.39, 0.29) is 11.9 Å². The maximum Gasteiger partial charge on any atom is 0.127 e. The zero-order chi connectivity index (χ0) is 12.8. The second-order valence-corrected chi connectivity index (χ2v) is 4.12. The number of hydrogen-bond donors (Lipinski definition) is 1. The molecule has 96 valence electrons. The van der Waals surface area contributed by atoms with Crippen molar-refractivity contribution in [3.05, 3.63) is 35.1 Å². The maximum absolute atomic E-state index is 13.5. The van der Waals surface area contributed by atoms with E-state index in [1.54, 1.807) is 6.07 Å². The molecule has 0 saturated carbocycles. The van der Waals surface area contributed by atoms with Gasteiger partial charge in [-0.25, -0.2) is 4.39 Å².